The first-order chi connectivity index (χ1) is 32.1. The zero-order valence-corrected chi connectivity index (χ0v) is 40.2. The van der Waals surface area contributed by atoms with E-state index in [1.54, 1.807) is 30.5 Å². The maximum Gasteiger partial charge on any atom is 0.277 e. The van der Waals surface area contributed by atoms with Gasteiger partial charge in [0.15, 0.2) is 0 Å². The molecule has 17 heteroatoms. The summed E-state index contributed by atoms with van der Waals surface area (Å²) < 4.78 is 42.6. The van der Waals surface area contributed by atoms with Gasteiger partial charge in [0, 0.05) is 98.9 Å². The molecule has 2 aromatic heterocycles. The number of likely N-dealkylation sites (N-methyl/N-ethyl adjacent to an activating group) is 1. The third kappa shape index (κ3) is 10.6. The fraction of sp³-hybridized carbons (Fsp3) is 0.440. The van der Waals surface area contributed by atoms with Gasteiger partial charge in [-0.05, 0) is 111 Å². The lowest BCUT2D eigenvalue weighted by Gasteiger charge is -2.39. The molecule has 9 rings (SSSR count). The molecule has 2 saturated heterocycles. The first-order valence-electron chi connectivity index (χ1n) is 23.2. The van der Waals surface area contributed by atoms with Crippen molar-refractivity contribution < 1.29 is 27.6 Å². The number of fused-ring (bicyclic) bond motifs is 2. The molecule has 0 radical (unpaired) electrons. The van der Waals surface area contributed by atoms with Gasteiger partial charge in [-0.1, -0.05) is 43.2 Å². The van der Waals surface area contributed by atoms with E-state index in [-0.39, 0.29) is 34.1 Å². The van der Waals surface area contributed by atoms with Crippen molar-refractivity contribution in [2.75, 3.05) is 77.5 Å². The summed E-state index contributed by atoms with van der Waals surface area (Å²) in [6.45, 7) is 14.9. The van der Waals surface area contributed by atoms with Crippen LogP contribution in [0.15, 0.2) is 89.6 Å². The smallest absolute Gasteiger partial charge is 0.277 e. The zero-order valence-electron chi connectivity index (χ0n) is 38.6. The van der Waals surface area contributed by atoms with Gasteiger partial charge in [-0.25, -0.2) is 18.1 Å². The number of nitrogens with one attached hydrogen (secondary N) is 2. The molecule has 4 aliphatic rings. The van der Waals surface area contributed by atoms with Crippen molar-refractivity contribution in [1.29, 1.82) is 0 Å². The van der Waals surface area contributed by atoms with Gasteiger partial charge in [0.05, 0.1) is 33.7 Å². The highest BCUT2D eigenvalue weighted by Crippen LogP contribution is 2.44. The summed E-state index contributed by atoms with van der Waals surface area (Å²) in [5.41, 5.74) is 5.77. The summed E-state index contributed by atoms with van der Waals surface area (Å²) in [7, 11) is -2.50. The first kappa shape index (κ1) is 46.6. The molecule has 354 valence electrons. The van der Waals surface area contributed by atoms with Gasteiger partial charge in [0.25, 0.3) is 21.6 Å². The molecule has 3 aliphatic heterocycles. The molecule has 5 heterocycles. The number of rotatable bonds is 13. The van der Waals surface area contributed by atoms with Crippen LogP contribution in [0, 0.1) is 21.4 Å². The van der Waals surface area contributed by atoms with Crippen LogP contribution in [-0.4, -0.2) is 123 Å². The van der Waals surface area contributed by atoms with Crippen molar-refractivity contribution in [3.05, 3.63) is 117 Å². The predicted octanol–water partition coefficient (Wildman–Crippen LogP) is 8.40. The number of sulfonamides is 1. The molecule has 2 N–H and O–H groups in total. The first-order valence-corrected chi connectivity index (χ1v) is 25.1. The number of piperazine rings is 2. The highest BCUT2D eigenvalue weighted by Gasteiger charge is 2.34. The SMILES string of the molecule is C[C@H]1CN(CC[C@H]2COc3cc(S(=O)(=O)NC(=O)c4ccc(N5CCN(CC6=C(c7ccc(Cl)cc7)CC(C)(C)CC6)CC5)cc4Oc4cnc5[nH]ccc5c4)cc([N+](=O)[O-])c3C2)CCN1C. The number of hydrogen-bond acceptors (Lipinski definition) is 12. The second-order valence-corrected chi connectivity index (χ2v) is 21.6. The van der Waals surface area contributed by atoms with E-state index in [4.69, 9.17) is 21.1 Å². The molecule has 0 bridgehead atoms. The van der Waals surface area contributed by atoms with Gasteiger partial charge in [0.2, 0.25) is 0 Å². The molecular formula is C50H59ClN8O7S. The number of hydrogen-bond donors (Lipinski definition) is 2. The van der Waals surface area contributed by atoms with E-state index in [0.717, 1.165) is 107 Å². The van der Waals surface area contributed by atoms with Gasteiger partial charge < -0.3 is 29.2 Å². The van der Waals surface area contributed by atoms with Crippen molar-refractivity contribution in [2.45, 2.75) is 63.8 Å². The Balaban J connectivity index is 0.919. The molecular weight excluding hydrogens is 892 g/mol. The molecule has 67 heavy (non-hydrogen) atoms. The minimum absolute atomic E-state index is 0.0303. The second-order valence-electron chi connectivity index (χ2n) is 19.5. The zero-order chi connectivity index (χ0) is 47.0. The summed E-state index contributed by atoms with van der Waals surface area (Å²) in [5, 5.41) is 14.0. The van der Waals surface area contributed by atoms with Gasteiger partial charge in [-0.15, -0.1) is 0 Å². The summed E-state index contributed by atoms with van der Waals surface area (Å²) >= 11 is 6.26. The number of halogens is 1. The Morgan fingerprint density at radius 3 is 2.57 bits per heavy atom. The number of nitro groups is 1. The highest BCUT2D eigenvalue weighted by atomic mass is 35.5. The van der Waals surface area contributed by atoms with Gasteiger partial charge in [0.1, 0.15) is 22.9 Å². The number of carbonyl (C=O) groups is 1. The van der Waals surface area contributed by atoms with E-state index in [2.05, 4.69) is 74.2 Å². The molecule has 3 aromatic carbocycles. The average molecular weight is 952 g/mol. The van der Waals surface area contributed by atoms with Crippen molar-refractivity contribution in [3.8, 4) is 17.2 Å². The summed E-state index contributed by atoms with van der Waals surface area (Å²) in [6.07, 6.45) is 7.67. The Labute approximate surface area is 397 Å². The average Bonchev–Trinajstić information content (AvgIpc) is 3.78. The monoisotopic (exact) mass is 950 g/mol. The van der Waals surface area contributed by atoms with Crippen LogP contribution < -0.4 is 19.1 Å². The minimum atomic E-state index is -4.63. The third-order valence-corrected chi connectivity index (χ3v) is 15.7. The number of H-pyrrole nitrogens is 1. The van der Waals surface area contributed by atoms with Crippen molar-refractivity contribution in [2.24, 2.45) is 11.3 Å². The maximum absolute atomic E-state index is 14.1. The number of pyridine rings is 1. The van der Waals surface area contributed by atoms with Crippen LogP contribution >= 0.6 is 11.6 Å². The Bertz CT molecular complexity index is 2810. The van der Waals surface area contributed by atoms with Gasteiger partial charge >= 0.3 is 0 Å². The lowest BCUT2D eigenvalue weighted by Crippen LogP contribution is -2.50. The number of amides is 1. The lowest BCUT2D eigenvalue weighted by molar-refractivity contribution is -0.386. The molecule has 0 spiro atoms. The van der Waals surface area contributed by atoms with Gasteiger partial charge in [-0.2, -0.15) is 0 Å². The fourth-order valence-corrected chi connectivity index (χ4v) is 11.0. The van der Waals surface area contributed by atoms with Crippen LogP contribution in [0.1, 0.15) is 67.9 Å². The van der Waals surface area contributed by atoms with Crippen molar-refractivity contribution in [3.63, 3.8) is 0 Å². The molecule has 2 atom stereocenters. The largest absolute Gasteiger partial charge is 0.493 e. The second kappa shape index (κ2) is 19.2. The molecule has 0 saturated carbocycles. The van der Waals surface area contributed by atoms with Crippen LogP contribution in [0.4, 0.5) is 11.4 Å². The molecule has 5 aromatic rings. The summed E-state index contributed by atoms with van der Waals surface area (Å²) in [4.78, 5) is 42.5. The number of benzene rings is 3. The van der Waals surface area contributed by atoms with Crippen LogP contribution in [0.3, 0.4) is 0 Å². The topological polar surface area (TPSA) is 166 Å². The number of allylic oxidation sites excluding steroid dienone is 1. The summed E-state index contributed by atoms with van der Waals surface area (Å²) in [5.74, 6) is -0.312. The Kier molecular flexibility index (Phi) is 13.4. The van der Waals surface area contributed by atoms with Gasteiger partial charge in [-0.3, -0.25) is 19.8 Å². The van der Waals surface area contributed by atoms with E-state index < -0.39 is 25.7 Å². The van der Waals surface area contributed by atoms with E-state index in [1.807, 2.05) is 18.2 Å². The number of anilines is 1. The predicted molar refractivity (Wildman–Crippen MR) is 261 cm³/mol. The van der Waals surface area contributed by atoms with E-state index >= 15 is 0 Å². The van der Waals surface area contributed by atoms with Crippen LogP contribution in [0.5, 0.6) is 17.2 Å². The number of nitrogens with zero attached hydrogens (tertiary/aromatic N) is 6. The highest BCUT2D eigenvalue weighted by molar-refractivity contribution is 7.90. The Morgan fingerprint density at radius 1 is 1.03 bits per heavy atom. The molecule has 1 amide bonds. The molecule has 15 nitrogen and oxygen atoms in total. The van der Waals surface area contributed by atoms with Crippen LogP contribution in [0.25, 0.3) is 16.6 Å². The van der Waals surface area contributed by atoms with Crippen LogP contribution in [0.2, 0.25) is 5.02 Å². The third-order valence-electron chi connectivity index (χ3n) is 14.1. The number of carbonyl (C=O) groups excluding carboxylic acids is 1. The fourth-order valence-electron chi connectivity index (χ4n) is 9.91. The molecule has 2 fully saturated rings. The van der Waals surface area contributed by atoms with Crippen molar-refractivity contribution >= 4 is 55.5 Å². The van der Waals surface area contributed by atoms with Crippen LogP contribution in [-0.2, 0) is 16.4 Å². The lowest BCUT2D eigenvalue weighted by atomic mass is 9.72. The number of aromatic amines is 1. The van der Waals surface area contributed by atoms with E-state index in [0.29, 0.717) is 36.0 Å². The Morgan fingerprint density at radius 2 is 1.81 bits per heavy atom. The normalized spacial score (nSPS) is 20.6. The quantitative estimate of drug-likeness (QED) is 0.0857. The van der Waals surface area contributed by atoms with E-state index in [9.17, 15) is 23.3 Å². The number of nitro benzene ring substituents is 1. The minimum Gasteiger partial charge on any atom is -0.493 e. The number of ether oxygens (including phenoxy) is 2. The Hall–Kier alpha value is -5.52. The van der Waals surface area contributed by atoms with E-state index in [1.165, 1.54) is 29.0 Å². The standard InChI is InChI=1S/C50H59ClN8O7S/c1-33-30-56(18-17-55(33)4)16-13-34-23-43-45(59(61)62)26-41(27-46(43)65-32-34)67(63,64)54-49(60)42-10-9-39(25-47(42)66-40-24-36-12-15-52-48(36)53-29-40)58-21-19-57(20-22-58)31-37-11-14-50(2,3)28-44(37)35-5-7-38(51)8-6-35/h5-10,12,15,24-27,29,33-34H,11,13-14,16-23,28,30-32H2,1-4H3,(H,52,53)(H,54,60)/t33-,34+/m0/s1. The maximum atomic E-state index is 14.1. The molecule has 1 aliphatic carbocycles. The summed E-state index contributed by atoms with van der Waals surface area (Å²) in [6, 6.07) is 19.7. The number of aromatic nitrogens is 2. The molecule has 0 unspecified atom stereocenters. The van der Waals surface area contributed by atoms with Crippen molar-refractivity contribution in [1.82, 2.24) is 29.4 Å².